The van der Waals surface area contributed by atoms with Gasteiger partial charge in [-0.25, -0.2) is 0 Å². The lowest BCUT2D eigenvalue weighted by Crippen LogP contribution is -1.85. The van der Waals surface area contributed by atoms with Crippen LogP contribution in [0.3, 0.4) is 0 Å². The average molecular weight is 506 g/mol. The van der Waals surface area contributed by atoms with Crippen molar-refractivity contribution >= 4 is 66.7 Å². The first-order chi connectivity index (χ1) is 10.7. The minimum Gasteiger partial charge on any atom is -0.0610 e. The maximum absolute atomic E-state index is 2.39. The van der Waals surface area contributed by atoms with Crippen molar-refractivity contribution in [2.45, 2.75) is 0 Å². The first kappa shape index (κ1) is 14.5. The quantitative estimate of drug-likeness (QED) is 0.248. The molecule has 0 atom stereocenters. The molecule has 0 radical (unpaired) electrons. The van der Waals surface area contributed by atoms with Crippen molar-refractivity contribution in [1.29, 1.82) is 0 Å². The van der Waals surface area contributed by atoms with Gasteiger partial charge in [-0.3, -0.25) is 0 Å². The third kappa shape index (κ3) is 2.52. The van der Waals surface area contributed by atoms with E-state index in [4.69, 9.17) is 0 Å². The molecule has 0 heterocycles. The molecule has 0 unspecified atom stereocenters. The normalized spacial score (nSPS) is 11.2. The molecular formula is C20H12I2. The molecule has 0 amide bonds. The van der Waals surface area contributed by atoms with Crippen molar-refractivity contribution in [3.63, 3.8) is 0 Å². The Morgan fingerprint density at radius 3 is 1.41 bits per heavy atom. The molecule has 106 valence electrons. The second-order valence-electron chi connectivity index (χ2n) is 5.34. The lowest BCUT2D eigenvalue weighted by Gasteiger charge is -2.11. The van der Waals surface area contributed by atoms with Gasteiger partial charge in [0.1, 0.15) is 0 Å². The van der Waals surface area contributed by atoms with Gasteiger partial charge in [0.05, 0.1) is 0 Å². The van der Waals surface area contributed by atoms with Gasteiger partial charge in [0.25, 0.3) is 0 Å². The summed E-state index contributed by atoms with van der Waals surface area (Å²) in [5, 5.41) is 5.22. The van der Waals surface area contributed by atoms with Gasteiger partial charge in [-0.15, -0.1) is 0 Å². The van der Waals surface area contributed by atoms with Crippen LogP contribution in [0.4, 0.5) is 0 Å². The molecule has 4 aromatic carbocycles. The summed E-state index contributed by atoms with van der Waals surface area (Å²) >= 11 is 4.77. The topological polar surface area (TPSA) is 0 Å². The van der Waals surface area contributed by atoms with Crippen molar-refractivity contribution in [1.82, 2.24) is 0 Å². The fourth-order valence-corrected chi connectivity index (χ4v) is 3.94. The lowest BCUT2D eigenvalue weighted by molar-refractivity contribution is 1.65. The van der Waals surface area contributed by atoms with E-state index in [1.807, 2.05) is 0 Å². The van der Waals surface area contributed by atoms with Crippen LogP contribution >= 0.6 is 45.2 Å². The second-order valence-corrected chi connectivity index (χ2v) is 7.83. The predicted octanol–water partition coefficient (Wildman–Crippen LogP) is 6.87. The molecule has 0 bridgehead atoms. The Morgan fingerprint density at radius 1 is 0.500 bits per heavy atom. The number of halogens is 2. The van der Waals surface area contributed by atoms with E-state index in [2.05, 4.69) is 118 Å². The molecule has 0 N–H and O–H groups in total. The van der Waals surface area contributed by atoms with Crippen molar-refractivity contribution < 1.29 is 0 Å². The van der Waals surface area contributed by atoms with Crippen molar-refractivity contribution in [3.8, 4) is 11.1 Å². The molecule has 0 aromatic heterocycles. The van der Waals surface area contributed by atoms with E-state index >= 15 is 0 Å². The summed E-state index contributed by atoms with van der Waals surface area (Å²) in [6.07, 6.45) is 0. The van der Waals surface area contributed by atoms with Crippen LogP contribution in [0.1, 0.15) is 0 Å². The van der Waals surface area contributed by atoms with Crippen LogP contribution < -0.4 is 0 Å². The Hall–Kier alpha value is -1.14. The molecule has 0 aliphatic rings. The number of hydrogen-bond donors (Lipinski definition) is 0. The summed E-state index contributed by atoms with van der Waals surface area (Å²) in [7, 11) is 0. The predicted molar refractivity (Wildman–Crippen MR) is 112 cm³/mol. The Bertz CT molecular complexity index is 920. The SMILES string of the molecule is Ic1ccc2cccc(-c3cccc4ccc(I)cc34)c2c1. The summed E-state index contributed by atoms with van der Waals surface area (Å²) in [4.78, 5) is 0. The van der Waals surface area contributed by atoms with Crippen LogP contribution in [0.15, 0.2) is 72.8 Å². The largest absolute Gasteiger partial charge is 0.0610 e. The molecule has 4 aromatic rings. The maximum Gasteiger partial charge on any atom is 0.0136 e. The Kier molecular flexibility index (Phi) is 3.82. The zero-order valence-electron chi connectivity index (χ0n) is 11.7. The van der Waals surface area contributed by atoms with Crippen LogP contribution in [0, 0.1) is 7.14 Å². The monoisotopic (exact) mass is 506 g/mol. The van der Waals surface area contributed by atoms with Gasteiger partial charge in [-0.2, -0.15) is 0 Å². The number of rotatable bonds is 1. The molecule has 0 nitrogen and oxygen atoms in total. The number of fused-ring (bicyclic) bond motifs is 2. The molecule has 0 aliphatic carbocycles. The summed E-state index contributed by atoms with van der Waals surface area (Å²) in [6, 6.07) is 26.4. The van der Waals surface area contributed by atoms with E-state index in [0.29, 0.717) is 0 Å². The van der Waals surface area contributed by atoms with Gasteiger partial charge < -0.3 is 0 Å². The van der Waals surface area contributed by atoms with Crippen molar-refractivity contribution in [2.24, 2.45) is 0 Å². The van der Waals surface area contributed by atoms with Crippen LogP contribution in [0.25, 0.3) is 32.7 Å². The molecule has 0 saturated heterocycles. The molecule has 4 rings (SSSR count). The standard InChI is InChI=1S/C20H12I2/c21-15-9-7-13-3-1-5-17(19(13)11-15)18-6-2-4-14-8-10-16(22)12-20(14)18/h1-12H. The molecule has 0 fully saturated rings. The molecule has 2 heteroatoms. The lowest BCUT2D eigenvalue weighted by atomic mass is 9.94. The van der Waals surface area contributed by atoms with E-state index < -0.39 is 0 Å². The first-order valence-electron chi connectivity index (χ1n) is 7.09. The van der Waals surface area contributed by atoms with Crippen LogP contribution in [0.2, 0.25) is 0 Å². The second kappa shape index (κ2) is 5.81. The summed E-state index contributed by atoms with van der Waals surface area (Å²) in [5.41, 5.74) is 2.62. The third-order valence-corrected chi connectivity index (χ3v) is 5.32. The maximum atomic E-state index is 2.39. The smallest absolute Gasteiger partial charge is 0.0136 e. The average Bonchev–Trinajstić information content (AvgIpc) is 2.54. The van der Waals surface area contributed by atoms with E-state index in [1.165, 1.54) is 39.8 Å². The highest BCUT2D eigenvalue weighted by atomic mass is 127. The molecule has 0 saturated carbocycles. The first-order valence-corrected chi connectivity index (χ1v) is 9.25. The highest BCUT2D eigenvalue weighted by molar-refractivity contribution is 14.1. The summed E-state index contributed by atoms with van der Waals surface area (Å²) < 4.78 is 2.54. The van der Waals surface area contributed by atoms with E-state index in [9.17, 15) is 0 Å². The third-order valence-electron chi connectivity index (χ3n) is 3.98. The Morgan fingerprint density at radius 2 is 0.955 bits per heavy atom. The van der Waals surface area contributed by atoms with Crippen LogP contribution in [-0.2, 0) is 0 Å². The fraction of sp³-hybridized carbons (Fsp3) is 0. The molecule has 22 heavy (non-hydrogen) atoms. The van der Waals surface area contributed by atoms with Gasteiger partial charge in [0.2, 0.25) is 0 Å². The Balaban J connectivity index is 2.11. The van der Waals surface area contributed by atoms with Crippen LogP contribution in [0.5, 0.6) is 0 Å². The van der Waals surface area contributed by atoms with Gasteiger partial charge >= 0.3 is 0 Å². The summed E-state index contributed by atoms with van der Waals surface area (Å²) in [5.74, 6) is 0. The van der Waals surface area contributed by atoms with E-state index in [-0.39, 0.29) is 0 Å². The van der Waals surface area contributed by atoms with E-state index in [1.54, 1.807) is 0 Å². The number of hydrogen-bond acceptors (Lipinski definition) is 0. The molecule has 0 aliphatic heterocycles. The van der Waals surface area contributed by atoms with Gasteiger partial charge in [0, 0.05) is 7.14 Å². The zero-order chi connectivity index (χ0) is 15.1. The molecule has 0 spiro atoms. The van der Waals surface area contributed by atoms with Crippen molar-refractivity contribution in [2.75, 3.05) is 0 Å². The van der Waals surface area contributed by atoms with Crippen LogP contribution in [-0.4, -0.2) is 0 Å². The number of benzene rings is 4. The summed E-state index contributed by atoms with van der Waals surface area (Å²) in [6.45, 7) is 0. The van der Waals surface area contributed by atoms with Gasteiger partial charge in [-0.05, 0) is 102 Å². The van der Waals surface area contributed by atoms with Gasteiger partial charge in [0.15, 0.2) is 0 Å². The highest BCUT2D eigenvalue weighted by Gasteiger charge is 2.08. The van der Waals surface area contributed by atoms with Crippen molar-refractivity contribution in [3.05, 3.63) is 79.9 Å². The minimum atomic E-state index is 1.27. The Labute approximate surface area is 156 Å². The highest BCUT2D eigenvalue weighted by Crippen LogP contribution is 2.35. The van der Waals surface area contributed by atoms with E-state index in [0.717, 1.165) is 0 Å². The zero-order valence-corrected chi connectivity index (χ0v) is 16.0. The van der Waals surface area contributed by atoms with Gasteiger partial charge in [-0.1, -0.05) is 48.5 Å². The fourth-order valence-electron chi connectivity index (χ4n) is 2.96. The minimum absolute atomic E-state index is 1.27. The molecular weight excluding hydrogens is 494 g/mol.